The van der Waals surface area contributed by atoms with Crippen molar-refractivity contribution in [3.8, 4) is 11.1 Å². The van der Waals surface area contributed by atoms with Crippen LogP contribution in [0.3, 0.4) is 0 Å². The SMILES string of the molecule is Cc1ccc2c(c1)CCCc1ccccc1N2c1ccccc1-c1ccccc1. The molecule has 4 aromatic rings. The molecule has 0 unspecified atom stereocenters. The maximum Gasteiger partial charge on any atom is 0.0540 e. The molecule has 0 spiro atoms. The summed E-state index contributed by atoms with van der Waals surface area (Å²) in [6.07, 6.45) is 3.39. The summed E-state index contributed by atoms with van der Waals surface area (Å²) in [5.74, 6) is 0. The average molecular weight is 376 g/mol. The largest absolute Gasteiger partial charge is 0.309 e. The molecule has 1 nitrogen and oxygen atoms in total. The zero-order valence-corrected chi connectivity index (χ0v) is 16.8. The average Bonchev–Trinajstić information content (AvgIpc) is 2.76. The second kappa shape index (κ2) is 7.60. The van der Waals surface area contributed by atoms with Crippen LogP contribution in [0.25, 0.3) is 11.1 Å². The molecule has 0 fully saturated rings. The van der Waals surface area contributed by atoms with Crippen LogP contribution in [0.1, 0.15) is 23.1 Å². The molecule has 0 saturated carbocycles. The standard InChI is InChI=1S/C28H25N/c1-21-18-19-27-24(20-21)14-9-13-23-12-5-7-16-26(23)29(27)28-17-8-6-15-25(28)22-10-3-2-4-11-22/h2-8,10-12,15-20H,9,13-14H2,1H3. The minimum absolute atomic E-state index is 1.10. The first-order chi connectivity index (χ1) is 14.3. The van der Waals surface area contributed by atoms with Gasteiger partial charge in [0.05, 0.1) is 5.69 Å². The Morgan fingerprint density at radius 1 is 0.586 bits per heavy atom. The molecule has 1 heterocycles. The molecule has 0 aliphatic carbocycles. The number of benzene rings is 4. The molecule has 0 radical (unpaired) electrons. The fourth-order valence-electron chi connectivity index (χ4n) is 4.46. The van der Waals surface area contributed by atoms with Crippen LogP contribution >= 0.6 is 0 Å². The van der Waals surface area contributed by atoms with E-state index in [0.29, 0.717) is 0 Å². The minimum Gasteiger partial charge on any atom is -0.309 e. The lowest BCUT2D eigenvalue weighted by Crippen LogP contribution is -2.17. The van der Waals surface area contributed by atoms with Gasteiger partial charge in [-0.25, -0.2) is 0 Å². The van der Waals surface area contributed by atoms with E-state index in [1.807, 2.05) is 0 Å². The summed E-state index contributed by atoms with van der Waals surface area (Å²) in [6, 6.07) is 35.3. The Morgan fingerprint density at radius 2 is 1.24 bits per heavy atom. The van der Waals surface area contributed by atoms with E-state index >= 15 is 0 Å². The van der Waals surface area contributed by atoms with Crippen molar-refractivity contribution in [3.05, 3.63) is 114 Å². The molecule has 1 heteroatoms. The van der Waals surface area contributed by atoms with Gasteiger partial charge in [0.15, 0.2) is 0 Å². The van der Waals surface area contributed by atoms with Gasteiger partial charge in [0.2, 0.25) is 0 Å². The summed E-state index contributed by atoms with van der Waals surface area (Å²) in [5, 5.41) is 0. The number of nitrogens with zero attached hydrogens (tertiary/aromatic N) is 1. The predicted molar refractivity (Wildman–Crippen MR) is 123 cm³/mol. The van der Waals surface area contributed by atoms with Gasteiger partial charge in [-0.05, 0) is 61.1 Å². The molecule has 29 heavy (non-hydrogen) atoms. The smallest absolute Gasteiger partial charge is 0.0540 e. The Bertz CT molecular complexity index is 1140. The van der Waals surface area contributed by atoms with E-state index in [1.165, 1.54) is 51.3 Å². The summed E-state index contributed by atoms with van der Waals surface area (Å²) >= 11 is 0. The number of aryl methyl sites for hydroxylation is 3. The lowest BCUT2D eigenvalue weighted by atomic mass is 9.94. The zero-order valence-electron chi connectivity index (χ0n) is 16.8. The van der Waals surface area contributed by atoms with E-state index < -0.39 is 0 Å². The summed E-state index contributed by atoms with van der Waals surface area (Å²) in [6.45, 7) is 2.19. The van der Waals surface area contributed by atoms with Crippen molar-refractivity contribution >= 4 is 17.1 Å². The molecular formula is C28H25N. The maximum absolute atomic E-state index is 2.48. The van der Waals surface area contributed by atoms with Crippen molar-refractivity contribution < 1.29 is 0 Å². The first-order valence-electron chi connectivity index (χ1n) is 10.4. The van der Waals surface area contributed by atoms with Crippen molar-refractivity contribution in [1.29, 1.82) is 0 Å². The molecular weight excluding hydrogens is 350 g/mol. The highest BCUT2D eigenvalue weighted by Gasteiger charge is 2.23. The van der Waals surface area contributed by atoms with Gasteiger partial charge < -0.3 is 4.90 Å². The quantitative estimate of drug-likeness (QED) is 0.348. The van der Waals surface area contributed by atoms with Crippen LogP contribution in [0.5, 0.6) is 0 Å². The van der Waals surface area contributed by atoms with Crippen LogP contribution in [-0.2, 0) is 12.8 Å². The number of rotatable bonds is 2. The Morgan fingerprint density at radius 3 is 2.10 bits per heavy atom. The van der Waals surface area contributed by atoms with E-state index in [4.69, 9.17) is 0 Å². The van der Waals surface area contributed by atoms with Gasteiger partial charge in [-0.2, -0.15) is 0 Å². The maximum atomic E-state index is 2.48. The third kappa shape index (κ3) is 3.34. The van der Waals surface area contributed by atoms with Crippen molar-refractivity contribution in [3.63, 3.8) is 0 Å². The van der Waals surface area contributed by atoms with Gasteiger partial charge in [0, 0.05) is 16.9 Å². The third-order valence-corrected chi connectivity index (χ3v) is 5.83. The molecule has 4 aromatic carbocycles. The molecule has 0 aromatic heterocycles. The molecule has 0 bridgehead atoms. The van der Waals surface area contributed by atoms with Gasteiger partial charge in [0.25, 0.3) is 0 Å². The molecule has 1 aliphatic rings. The van der Waals surface area contributed by atoms with E-state index in [9.17, 15) is 0 Å². The van der Waals surface area contributed by atoms with E-state index in [0.717, 1.165) is 12.8 Å². The van der Waals surface area contributed by atoms with Gasteiger partial charge in [-0.3, -0.25) is 0 Å². The van der Waals surface area contributed by atoms with Crippen molar-refractivity contribution in [2.45, 2.75) is 26.2 Å². The number of hydrogen-bond acceptors (Lipinski definition) is 1. The lowest BCUT2D eigenvalue weighted by Gasteiger charge is -2.33. The number of hydrogen-bond donors (Lipinski definition) is 0. The van der Waals surface area contributed by atoms with Gasteiger partial charge in [-0.1, -0.05) is 84.4 Å². The molecule has 0 saturated heterocycles. The highest BCUT2D eigenvalue weighted by atomic mass is 15.1. The number of para-hydroxylation sites is 2. The third-order valence-electron chi connectivity index (χ3n) is 5.83. The van der Waals surface area contributed by atoms with Crippen molar-refractivity contribution in [2.75, 3.05) is 4.90 Å². The van der Waals surface area contributed by atoms with Crippen LogP contribution in [0.2, 0.25) is 0 Å². The Kier molecular flexibility index (Phi) is 4.65. The zero-order chi connectivity index (χ0) is 19.6. The molecule has 0 N–H and O–H groups in total. The van der Waals surface area contributed by atoms with Gasteiger partial charge >= 0.3 is 0 Å². The van der Waals surface area contributed by atoms with Crippen molar-refractivity contribution in [1.82, 2.24) is 0 Å². The van der Waals surface area contributed by atoms with Gasteiger partial charge in [0.1, 0.15) is 0 Å². The monoisotopic (exact) mass is 375 g/mol. The van der Waals surface area contributed by atoms with Crippen LogP contribution in [0, 0.1) is 6.92 Å². The second-order valence-electron chi connectivity index (χ2n) is 7.83. The molecule has 142 valence electrons. The topological polar surface area (TPSA) is 3.24 Å². The fourth-order valence-corrected chi connectivity index (χ4v) is 4.46. The Labute approximate surface area is 173 Å². The van der Waals surface area contributed by atoms with Crippen molar-refractivity contribution in [2.24, 2.45) is 0 Å². The minimum atomic E-state index is 1.10. The van der Waals surface area contributed by atoms with Crippen LogP contribution in [0.4, 0.5) is 17.1 Å². The molecule has 0 amide bonds. The first-order valence-corrected chi connectivity index (χ1v) is 10.4. The Balaban J connectivity index is 1.79. The van der Waals surface area contributed by atoms with E-state index in [1.54, 1.807) is 0 Å². The molecule has 0 atom stereocenters. The number of anilines is 3. The number of fused-ring (bicyclic) bond motifs is 2. The van der Waals surface area contributed by atoms with Crippen LogP contribution < -0.4 is 4.90 Å². The van der Waals surface area contributed by atoms with E-state index in [2.05, 4.69) is 109 Å². The van der Waals surface area contributed by atoms with Crippen LogP contribution in [-0.4, -0.2) is 0 Å². The first kappa shape index (κ1) is 17.8. The molecule has 5 rings (SSSR count). The summed E-state index contributed by atoms with van der Waals surface area (Å²) < 4.78 is 0. The summed E-state index contributed by atoms with van der Waals surface area (Å²) in [4.78, 5) is 2.48. The lowest BCUT2D eigenvalue weighted by molar-refractivity contribution is 0.809. The highest BCUT2D eigenvalue weighted by molar-refractivity contribution is 5.89. The second-order valence-corrected chi connectivity index (χ2v) is 7.83. The normalized spacial score (nSPS) is 13.2. The summed E-state index contributed by atoms with van der Waals surface area (Å²) in [7, 11) is 0. The summed E-state index contributed by atoms with van der Waals surface area (Å²) in [5.41, 5.74) is 10.5. The fraction of sp³-hybridized carbons (Fsp3) is 0.143. The van der Waals surface area contributed by atoms with Gasteiger partial charge in [-0.15, -0.1) is 0 Å². The predicted octanol–water partition coefficient (Wildman–Crippen LogP) is 7.62. The molecule has 1 aliphatic heterocycles. The highest BCUT2D eigenvalue weighted by Crippen LogP contribution is 2.44. The Hall–Kier alpha value is -3.32. The van der Waals surface area contributed by atoms with Crippen LogP contribution in [0.15, 0.2) is 97.1 Å². The van der Waals surface area contributed by atoms with E-state index in [-0.39, 0.29) is 0 Å².